The van der Waals surface area contributed by atoms with E-state index in [1.54, 1.807) is 6.07 Å². The van der Waals surface area contributed by atoms with E-state index in [0.717, 1.165) is 25.2 Å². The molecule has 3 rings (SSSR count). The van der Waals surface area contributed by atoms with Crippen molar-refractivity contribution in [3.8, 4) is 6.07 Å². The van der Waals surface area contributed by atoms with Crippen LogP contribution in [0.15, 0.2) is 24.7 Å². The molecule has 1 aliphatic heterocycles. The van der Waals surface area contributed by atoms with Gasteiger partial charge in [0.15, 0.2) is 0 Å². The predicted octanol–water partition coefficient (Wildman–Crippen LogP) is 1.08. The normalized spacial score (nSPS) is 17.2. The van der Waals surface area contributed by atoms with Crippen LogP contribution in [-0.4, -0.2) is 27.0 Å². The third-order valence-corrected chi connectivity index (χ3v) is 3.66. The van der Waals surface area contributed by atoms with E-state index in [-0.39, 0.29) is 5.91 Å². The van der Waals surface area contributed by atoms with Crippen molar-refractivity contribution in [2.24, 2.45) is 5.92 Å². The monoisotopic (exact) mass is 269 g/mol. The molecular formula is C14H15N5O. The molecule has 2 N–H and O–H groups in total. The van der Waals surface area contributed by atoms with Crippen LogP contribution in [0.2, 0.25) is 0 Å². The number of aryl methyl sites for hydroxylation is 1. The number of aromatic nitrogens is 3. The fourth-order valence-electron chi connectivity index (χ4n) is 2.51. The quantitative estimate of drug-likeness (QED) is 0.874. The molecule has 1 atom stereocenters. The standard InChI is InChI=1S/C14H15N5O/c15-7-11-5-12(17-9-11)14(20)18-8-10-1-3-19-4-2-16-13(19)6-10/h2,4-5,9-10,17H,1,3,6,8H2,(H,18,20). The van der Waals surface area contributed by atoms with Crippen molar-refractivity contribution in [2.45, 2.75) is 19.4 Å². The molecule has 0 saturated heterocycles. The van der Waals surface area contributed by atoms with Crippen LogP contribution in [0.3, 0.4) is 0 Å². The smallest absolute Gasteiger partial charge is 0.267 e. The Morgan fingerprint density at radius 1 is 1.65 bits per heavy atom. The Morgan fingerprint density at radius 2 is 2.55 bits per heavy atom. The Bertz CT molecular complexity index is 663. The van der Waals surface area contributed by atoms with Crippen molar-refractivity contribution in [1.82, 2.24) is 19.9 Å². The lowest BCUT2D eigenvalue weighted by Gasteiger charge is -2.23. The summed E-state index contributed by atoms with van der Waals surface area (Å²) in [6.07, 6.45) is 7.27. The third kappa shape index (κ3) is 2.43. The molecule has 2 aromatic heterocycles. The van der Waals surface area contributed by atoms with Crippen molar-refractivity contribution in [3.05, 3.63) is 41.7 Å². The van der Waals surface area contributed by atoms with Crippen molar-refractivity contribution < 1.29 is 4.79 Å². The molecule has 20 heavy (non-hydrogen) atoms. The molecule has 3 heterocycles. The number of hydrogen-bond donors (Lipinski definition) is 2. The highest BCUT2D eigenvalue weighted by molar-refractivity contribution is 5.92. The molecular weight excluding hydrogens is 254 g/mol. The van der Waals surface area contributed by atoms with Gasteiger partial charge in [-0.05, 0) is 18.4 Å². The van der Waals surface area contributed by atoms with Gasteiger partial charge < -0.3 is 14.9 Å². The molecule has 6 heteroatoms. The van der Waals surface area contributed by atoms with Crippen LogP contribution >= 0.6 is 0 Å². The number of H-pyrrole nitrogens is 1. The van der Waals surface area contributed by atoms with E-state index < -0.39 is 0 Å². The molecule has 1 amide bonds. The van der Waals surface area contributed by atoms with Crippen LogP contribution in [0.25, 0.3) is 0 Å². The molecule has 0 fully saturated rings. The van der Waals surface area contributed by atoms with Gasteiger partial charge in [0.1, 0.15) is 17.6 Å². The highest BCUT2D eigenvalue weighted by atomic mass is 16.1. The number of nitrogens with zero attached hydrogens (tertiary/aromatic N) is 3. The van der Waals surface area contributed by atoms with Crippen molar-refractivity contribution in [3.63, 3.8) is 0 Å². The first-order chi connectivity index (χ1) is 9.76. The molecule has 0 aromatic carbocycles. The Morgan fingerprint density at radius 3 is 3.35 bits per heavy atom. The second kappa shape index (κ2) is 5.21. The number of imidazole rings is 1. The van der Waals surface area contributed by atoms with Gasteiger partial charge in [0.05, 0.1) is 5.56 Å². The van der Waals surface area contributed by atoms with Gasteiger partial charge in [0, 0.05) is 38.1 Å². The SMILES string of the molecule is N#Cc1c[nH]c(C(=O)NCC2CCn3ccnc3C2)c1. The average Bonchev–Trinajstić information content (AvgIpc) is 3.12. The minimum Gasteiger partial charge on any atom is -0.356 e. The number of nitriles is 1. The van der Waals surface area contributed by atoms with E-state index in [2.05, 4.69) is 19.9 Å². The van der Waals surface area contributed by atoms with Gasteiger partial charge in [-0.15, -0.1) is 0 Å². The molecule has 0 bridgehead atoms. The largest absolute Gasteiger partial charge is 0.356 e. The highest BCUT2D eigenvalue weighted by Crippen LogP contribution is 2.18. The van der Waals surface area contributed by atoms with E-state index >= 15 is 0 Å². The number of rotatable bonds is 3. The summed E-state index contributed by atoms with van der Waals surface area (Å²) in [4.78, 5) is 19.1. The van der Waals surface area contributed by atoms with Gasteiger partial charge in [0.2, 0.25) is 0 Å². The summed E-state index contributed by atoms with van der Waals surface area (Å²) < 4.78 is 2.16. The number of amides is 1. The van der Waals surface area contributed by atoms with Gasteiger partial charge in [0.25, 0.3) is 5.91 Å². The molecule has 0 spiro atoms. The molecule has 0 saturated carbocycles. The number of nitrogens with one attached hydrogen (secondary N) is 2. The molecule has 102 valence electrons. The zero-order valence-electron chi connectivity index (χ0n) is 11.0. The second-order valence-electron chi connectivity index (χ2n) is 5.02. The fourth-order valence-corrected chi connectivity index (χ4v) is 2.51. The van der Waals surface area contributed by atoms with Crippen LogP contribution < -0.4 is 5.32 Å². The third-order valence-electron chi connectivity index (χ3n) is 3.66. The summed E-state index contributed by atoms with van der Waals surface area (Å²) in [5.41, 5.74) is 0.897. The van der Waals surface area contributed by atoms with Crippen LogP contribution in [-0.2, 0) is 13.0 Å². The van der Waals surface area contributed by atoms with Crippen LogP contribution in [0.4, 0.5) is 0 Å². The Kier molecular flexibility index (Phi) is 3.25. The lowest BCUT2D eigenvalue weighted by atomic mass is 9.98. The first-order valence-corrected chi connectivity index (χ1v) is 6.63. The number of aromatic amines is 1. The number of hydrogen-bond acceptors (Lipinski definition) is 3. The van der Waals surface area contributed by atoms with Crippen LogP contribution in [0.1, 0.15) is 28.3 Å². The fraction of sp³-hybridized carbons (Fsp3) is 0.357. The number of fused-ring (bicyclic) bond motifs is 1. The molecule has 0 aliphatic carbocycles. The van der Waals surface area contributed by atoms with Crippen molar-refractivity contribution in [1.29, 1.82) is 5.26 Å². The van der Waals surface area contributed by atoms with E-state index in [0.29, 0.717) is 23.7 Å². The van der Waals surface area contributed by atoms with Gasteiger partial charge in [-0.1, -0.05) is 0 Å². The molecule has 1 aliphatic rings. The van der Waals surface area contributed by atoms with E-state index in [4.69, 9.17) is 5.26 Å². The Hall–Kier alpha value is -2.55. The maximum absolute atomic E-state index is 11.9. The molecule has 1 unspecified atom stereocenters. The summed E-state index contributed by atoms with van der Waals surface area (Å²) in [6, 6.07) is 3.55. The molecule has 2 aromatic rings. The molecule has 0 radical (unpaired) electrons. The zero-order chi connectivity index (χ0) is 13.9. The Labute approximate surface area is 116 Å². The van der Waals surface area contributed by atoms with Gasteiger partial charge in [-0.3, -0.25) is 4.79 Å². The van der Waals surface area contributed by atoms with Crippen molar-refractivity contribution in [2.75, 3.05) is 6.54 Å². The van der Waals surface area contributed by atoms with Crippen molar-refractivity contribution >= 4 is 5.91 Å². The van der Waals surface area contributed by atoms with Gasteiger partial charge in [-0.25, -0.2) is 4.98 Å². The average molecular weight is 269 g/mol. The number of carbonyl (C=O) groups is 1. The van der Waals surface area contributed by atoms with Gasteiger partial charge >= 0.3 is 0 Å². The predicted molar refractivity (Wildman–Crippen MR) is 71.9 cm³/mol. The first-order valence-electron chi connectivity index (χ1n) is 6.63. The summed E-state index contributed by atoms with van der Waals surface area (Å²) >= 11 is 0. The van der Waals surface area contributed by atoms with E-state index in [1.807, 2.05) is 18.5 Å². The lowest BCUT2D eigenvalue weighted by molar-refractivity contribution is 0.0940. The van der Waals surface area contributed by atoms with Gasteiger partial charge in [-0.2, -0.15) is 5.26 Å². The second-order valence-corrected chi connectivity index (χ2v) is 5.02. The Balaban J connectivity index is 1.55. The maximum atomic E-state index is 11.9. The summed E-state index contributed by atoms with van der Waals surface area (Å²) in [5.74, 6) is 1.34. The van der Waals surface area contributed by atoms with E-state index in [9.17, 15) is 4.79 Å². The van der Waals surface area contributed by atoms with E-state index in [1.165, 1.54) is 6.20 Å². The van der Waals surface area contributed by atoms with Crippen LogP contribution in [0, 0.1) is 17.2 Å². The summed E-state index contributed by atoms with van der Waals surface area (Å²) in [5, 5.41) is 11.6. The van der Waals surface area contributed by atoms with Crippen LogP contribution in [0.5, 0.6) is 0 Å². The maximum Gasteiger partial charge on any atom is 0.267 e. The zero-order valence-corrected chi connectivity index (χ0v) is 11.0. The molecule has 6 nitrogen and oxygen atoms in total. The minimum atomic E-state index is -0.166. The summed E-state index contributed by atoms with van der Waals surface area (Å²) in [6.45, 7) is 1.59. The lowest BCUT2D eigenvalue weighted by Crippen LogP contribution is -2.33. The highest BCUT2D eigenvalue weighted by Gasteiger charge is 2.20. The minimum absolute atomic E-state index is 0.166. The summed E-state index contributed by atoms with van der Waals surface area (Å²) in [7, 11) is 0. The number of carbonyl (C=O) groups excluding carboxylic acids is 1. The topological polar surface area (TPSA) is 86.5 Å². The first kappa shape index (κ1) is 12.5.